The van der Waals surface area contributed by atoms with Gasteiger partial charge in [-0.15, -0.1) is 0 Å². The van der Waals surface area contributed by atoms with Gasteiger partial charge in [-0.3, -0.25) is 9.69 Å². The van der Waals surface area contributed by atoms with Crippen molar-refractivity contribution in [2.75, 3.05) is 26.2 Å². The van der Waals surface area contributed by atoms with Crippen molar-refractivity contribution in [2.45, 2.75) is 32.2 Å². The van der Waals surface area contributed by atoms with Crippen molar-refractivity contribution in [1.29, 1.82) is 0 Å². The lowest BCUT2D eigenvalue weighted by molar-refractivity contribution is -0.138. The minimum atomic E-state index is -4.49. The number of carbonyl (C=O) groups excluding carboxylic acids is 2. The molecule has 1 aromatic rings. The Morgan fingerprint density at radius 1 is 1.24 bits per heavy atom. The fourth-order valence-electron chi connectivity index (χ4n) is 2.75. The number of nitrogens with zero attached hydrogens (tertiary/aromatic N) is 2. The molecular formula is C17H20F3N2O3. The lowest BCUT2D eigenvalue weighted by Gasteiger charge is -2.36. The first-order valence-electron chi connectivity index (χ1n) is 7.98. The third kappa shape index (κ3) is 5.19. The Balaban J connectivity index is 1.87. The molecule has 137 valence electrons. The Morgan fingerprint density at radius 3 is 2.48 bits per heavy atom. The lowest BCUT2D eigenvalue weighted by atomic mass is 10.1. The summed E-state index contributed by atoms with van der Waals surface area (Å²) in [6.07, 6.45) is -2.95. The van der Waals surface area contributed by atoms with Crippen LogP contribution in [0.15, 0.2) is 24.3 Å². The van der Waals surface area contributed by atoms with Crippen molar-refractivity contribution in [3.63, 3.8) is 0 Å². The predicted octanol–water partition coefficient (Wildman–Crippen LogP) is 2.85. The fraction of sp³-hybridized carbons (Fsp3) is 0.529. The minimum Gasteiger partial charge on any atom is -0.445 e. The van der Waals surface area contributed by atoms with Gasteiger partial charge in [0.15, 0.2) is 6.29 Å². The molecule has 1 saturated heterocycles. The molecule has 1 atom stereocenters. The van der Waals surface area contributed by atoms with E-state index in [1.165, 1.54) is 23.1 Å². The van der Waals surface area contributed by atoms with Crippen molar-refractivity contribution in [3.8, 4) is 0 Å². The van der Waals surface area contributed by atoms with E-state index in [1.54, 1.807) is 0 Å². The van der Waals surface area contributed by atoms with E-state index in [-0.39, 0.29) is 11.6 Å². The molecule has 0 N–H and O–H groups in total. The molecule has 1 amide bonds. The number of amides is 1. The minimum absolute atomic E-state index is 0.0503. The number of hydrogen-bond acceptors (Lipinski definition) is 4. The quantitative estimate of drug-likeness (QED) is 0.813. The van der Waals surface area contributed by atoms with Crippen LogP contribution in [0.25, 0.3) is 0 Å². The first-order chi connectivity index (χ1) is 11.8. The second kappa shape index (κ2) is 8.33. The number of hydrogen-bond donors (Lipinski definition) is 0. The maximum Gasteiger partial charge on any atom is 0.416 e. The molecule has 0 aromatic heterocycles. The van der Waals surface area contributed by atoms with Gasteiger partial charge in [-0.1, -0.05) is 18.2 Å². The molecule has 1 fully saturated rings. The van der Waals surface area contributed by atoms with Crippen LogP contribution in [0.1, 0.15) is 24.5 Å². The predicted molar refractivity (Wildman–Crippen MR) is 84.5 cm³/mol. The summed E-state index contributed by atoms with van der Waals surface area (Å²) in [7, 11) is 0. The Bertz CT molecular complexity index is 599. The maximum absolute atomic E-state index is 12.9. The molecule has 1 aromatic carbocycles. The summed E-state index contributed by atoms with van der Waals surface area (Å²) < 4.78 is 43.8. The van der Waals surface area contributed by atoms with E-state index >= 15 is 0 Å². The molecule has 0 saturated carbocycles. The van der Waals surface area contributed by atoms with Gasteiger partial charge >= 0.3 is 12.3 Å². The maximum atomic E-state index is 12.9. The molecule has 1 radical (unpaired) electrons. The van der Waals surface area contributed by atoms with Crippen LogP contribution in [0, 0.1) is 0 Å². The highest BCUT2D eigenvalue weighted by Crippen LogP contribution is 2.32. The molecule has 8 heteroatoms. The third-order valence-corrected chi connectivity index (χ3v) is 4.25. The van der Waals surface area contributed by atoms with E-state index in [9.17, 15) is 22.8 Å². The number of alkyl halides is 3. The van der Waals surface area contributed by atoms with E-state index in [0.29, 0.717) is 32.6 Å². The van der Waals surface area contributed by atoms with Gasteiger partial charge < -0.3 is 9.64 Å². The van der Waals surface area contributed by atoms with Gasteiger partial charge in [0, 0.05) is 44.2 Å². The molecule has 5 nitrogen and oxygen atoms in total. The summed E-state index contributed by atoms with van der Waals surface area (Å²) in [6.45, 7) is 3.46. The Labute approximate surface area is 144 Å². The van der Waals surface area contributed by atoms with Crippen molar-refractivity contribution in [1.82, 2.24) is 9.80 Å². The summed E-state index contributed by atoms with van der Waals surface area (Å²) in [6, 6.07) is 5.08. The van der Waals surface area contributed by atoms with Gasteiger partial charge in [-0.25, -0.2) is 4.79 Å². The standard InChI is InChI=1S/C17H20F3N2O3/c1-13(6-11-23)21-7-9-22(10-8-21)16(24)25-12-14-4-2-3-5-15(14)17(18,19)20/h2-5,13H,6-10,12H2,1H3. The normalized spacial score (nSPS) is 17.2. The van der Waals surface area contributed by atoms with Crippen molar-refractivity contribution >= 4 is 12.4 Å². The highest BCUT2D eigenvalue weighted by atomic mass is 19.4. The van der Waals surface area contributed by atoms with E-state index in [0.717, 1.165) is 6.07 Å². The summed E-state index contributed by atoms with van der Waals surface area (Å²) in [5.41, 5.74) is -0.872. The average molecular weight is 357 g/mol. The van der Waals surface area contributed by atoms with E-state index in [2.05, 4.69) is 4.90 Å². The Kier molecular flexibility index (Phi) is 6.41. The number of carbonyl (C=O) groups is 1. The van der Waals surface area contributed by atoms with Crippen LogP contribution in [0.2, 0.25) is 0 Å². The van der Waals surface area contributed by atoms with Gasteiger partial charge in [-0.2, -0.15) is 13.2 Å². The van der Waals surface area contributed by atoms with Gasteiger partial charge in [0.25, 0.3) is 0 Å². The van der Waals surface area contributed by atoms with Crippen LogP contribution >= 0.6 is 0 Å². The second-order valence-corrected chi connectivity index (χ2v) is 5.93. The van der Waals surface area contributed by atoms with E-state index in [1.807, 2.05) is 13.2 Å². The van der Waals surface area contributed by atoms with Crippen LogP contribution in [-0.4, -0.2) is 54.4 Å². The number of piperazine rings is 1. The highest BCUT2D eigenvalue weighted by molar-refractivity contribution is 5.67. The van der Waals surface area contributed by atoms with Gasteiger partial charge in [0.2, 0.25) is 0 Å². The van der Waals surface area contributed by atoms with Crippen LogP contribution in [0.3, 0.4) is 0 Å². The summed E-state index contributed by atoms with van der Waals surface area (Å²) in [4.78, 5) is 26.0. The fourth-order valence-corrected chi connectivity index (χ4v) is 2.75. The zero-order chi connectivity index (χ0) is 18.4. The van der Waals surface area contributed by atoms with Gasteiger partial charge in [-0.05, 0) is 13.0 Å². The Morgan fingerprint density at radius 2 is 1.88 bits per heavy atom. The Hall–Kier alpha value is -2.09. The van der Waals surface area contributed by atoms with Gasteiger partial charge in [0.05, 0.1) is 5.56 Å². The molecule has 0 bridgehead atoms. The molecule has 2 rings (SSSR count). The van der Waals surface area contributed by atoms with Crippen molar-refractivity contribution < 1.29 is 27.5 Å². The molecule has 1 aliphatic heterocycles. The number of benzene rings is 1. The molecule has 1 heterocycles. The molecule has 0 spiro atoms. The number of ether oxygens (including phenoxy) is 1. The summed E-state index contributed by atoms with van der Waals surface area (Å²) in [5.74, 6) is 0. The highest BCUT2D eigenvalue weighted by Gasteiger charge is 2.33. The zero-order valence-corrected chi connectivity index (χ0v) is 13.9. The number of halogens is 3. The first kappa shape index (κ1) is 19.2. The van der Waals surface area contributed by atoms with Crippen molar-refractivity contribution in [2.24, 2.45) is 0 Å². The summed E-state index contributed by atoms with van der Waals surface area (Å²) in [5, 5.41) is 0. The molecule has 1 unspecified atom stereocenters. The van der Waals surface area contributed by atoms with E-state index < -0.39 is 24.4 Å². The van der Waals surface area contributed by atoms with Crippen LogP contribution < -0.4 is 0 Å². The zero-order valence-electron chi connectivity index (χ0n) is 13.9. The smallest absolute Gasteiger partial charge is 0.416 e. The first-order valence-corrected chi connectivity index (χ1v) is 7.98. The second-order valence-electron chi connectivity index (χ2n) is 5.93. The third-order valence-electron chi connectivity index (χ3n) is 4.25. The van der Waals surface area contributed by atoms with Gasteiger partial charge in [0.1, 0.15) is 6.61 Å². The molecule has 25 heavy (non-hydrogen) atoms. The number of rotatable bonds is 5. The largest absolute Gasteiger partial charge is 0.445 e. The van der Waals surface area contributed by atoms with E-state index in [4.69, 9.17) is 4.74 Å². The SMILES string of the molecule is CC(C[C]=O)N1CCN(C(=O)OCc2ccccc2C(F)(F)F)CC1. The van der Waals surface area contributed by atoms with Crippen LogP contribution in [0.5, 0.6) is 0 Å². The molecular weight excluding hydrogens is 337 g/mol. The van der Waals surface area contributed by atoms with Crippen LogP contribution in [-0.2, 0) is 22.3 Å². The van der Waals surface area contributed by atoms with Crippen molar-refractivity contribution in [3.05, 3.63) is 35.4 Å². The topological polar surface area (TPSA) is 49.9 Å². The molecule has 1 aliphatic rings. The van der Waals surface area contributed by atoms with Crippen LogP contribution in [0.4, 0.5) is 18.0 Å². The lowest BCUT2D eigenvalue weighted by Crippen LogP contribution is -2.51. The average Bonchev–Trinajstić information content (AvgIpc) is 2.59. The molecule has 0 aliphatic carbocycles. The monoisotopic (exact) mass is 357 g/mol. The summed E-state index contributed by atoms with van der Waals surface area (Å²) >= 11 is 0.